The van der Waals surface area contributed by atoms with Crippen molar-refractivity contribution in [3.8, 4) is 11.1 Å². The summed E-state index contributed by atoms with van der Waals surface area (Å²) in [5.74, 6) is 2.86. The molecule has 0 spiro atoms. The van der Waals surface area contributed by atoms with Crippen LogP contribution in [0.2, 0.25) is 0 Å². The minimum atomic E-state index is 0.809. The fourth-order valence-electron chi connectivity index (χ4n) is 5.92. The van der Waals surface area contributed by atoms with Crippen molar-refractivity contribution in [1.82, 2.24) is 0 Å². The molecule has 0 nitrogen and oxygen atoms in total. The van der Waals surface area contributed by atoms with Crippen LogP contribution in [0.25, 0.3) is 11.1 Å². The average molecular weight is 395 g/mol. The molecule has 3 atom stereocenters. The zero-order valence-electron chi connectivity index (χ0n) is 18.1. The molecule has 3 unspecified atom stereocenters. The maximum absolute atomic E-state index is 2.43. The Bertz CT molecular complexity index is 920. The molecule has 3 aromatic rings. The van der Waals surface area contributed by atoms with E-state index in [1.807, 2.05) is 0 Å². The van der Waals surface area contributed by atoms with E-state index in [9.17, 15) is 0 Å². The number of benzene rings is 3. The van der Waals surface area contributed by atoms with Gasteiger partial charge in [-0.1, -0.05) is 105 Å². The van der Waals surface area contributed by atoms with Crippen molar-refractivity contribution in [3.63, 3.8) is 0 Å². The molecule has 154 valence electrons. The van der Waals surface area contributed by atoms with Gasteiger partial charge in [-0.3, -0.25) is 0 Å². The Morgan fingerprint density at radius 3 is 1.83 bits per heavy atom. The first kappa shape index (κ1) is 19.6. The fourth-order valence-corrected chi connectivity index (χ4v) is 5.92. The van der Waals surface area contributed by atoms with Crippen LogP contribution in [0.4, 0.5) is 0 Å². The van der Waals surface area contributed by atoms with Crippen LogP contribution in [-0.4, -0.2) is 0 Å². The molecule has 0 bridgehead atoms. The lowest BCUT2D eigenvalue weighted by Crippen LogP contribution is -2.26. The molecule has 5 rings (SSSR count). The summed E-state index contributed by atoms with van der Waals surface area (Å²) in [5.41, 5.74) is 7.08. The van der Waals surface area contributed by atoms with Gasteiger partial charge in [-0.2, -0.15) is 0 Å². The lowest BCUT2D eigenvalue weighted by atomic mass is 9.66. The molecule has 3 aromatic carbocycles. The Labute approximate surface area is 182 Å². The van der Waals surface area contributed by atoms with Crippen LogP contribution < -0.4 is 0 Å². The predicted octanol–water partition coefficient (Wildman–Crippen LogP) is 8.21. The minimum Gasteiger partial charge on any atom is -0.0622 e. The van der Waals surface area contributed by atoms with Crippen LogP contribution in [-0.2, 0) is 12.8 Å². The molecule has 0 N–H and O–H groups in total. The van der Waals surface area contributed by atoms with E-state index in [0.717, 1.165) is 30.6 Å². The fraction of sp³-hybridized carbons (Fsp3) is 0.400. The smallest absolute Gasteiger partial charge is 0.0159 e. The summed E-state index contributed by atoms with van der Waals surface area (Å²) in [4.78, 5) is 0. The van der Waals surface area contributed by atoms with Gasteiger partial charge in [0, 0.05) is 0 Å². The number of hydrogen-bond acceptors (Lipinski definition) is 0. The van der Waals surface area contributed by atoms with E-state index >= 15 is 0 Å². The second-order valence-electron chi connectivity index (χ2n) is 9.62. The summed E-state index contributed by atoms with van der Waals surface area (Å²) >= 11 is 0. The van der Waals surface area contributed by atoms with Gasteiger partial charge in [0.05, 0.1) is 0 Å². The van der Waals surface area contributed by atoms with Crippen molar-refractivity contribution in [2.45, 2.75) is 63.7 Å². The first-order valence-corrected chi connectivity index (χ1v) is 12.1. The van der Waals surface area contributed by atoms with E-state index in [2.05, 4.69) is 78.9 Å². The standard InChI is InChI=1S/C30H34/c1-2-6-25(7-3-1)27-16-12-23(13-17-27)10-11-24-14-18-28(19-15-24)30-21-20-26-8-4-5-9-29(26)22-30/h1-3,6-7,12-19,26,29-30H,4-5,8-11,20-22H2. The van der Waals surface area contributed by atoms with E-state index in [1.165, 1.54) is 67.2 Å². The molecular weight excluding hydrogens is 360 g/mol. The molecule has 2 aliphatic rings. The summed E-state index contributed by atoms with van der Waals surface area (Å²) < 4.78 is 0. The zero-order chi connectivity index (χ0) is 20.2. The summed E-state index contributed by atoms with van der Waals surface area (Å²) in [5, 5.41) is 0. The van der Waals surface area contributed by atoms with Crippen LogP contribution in [0.3, 0.4) is 0 Å². The third-order valence-corrected chi connectivity index (χ3v) is 7.75. The molecule has 0 heterocycles. The van der Waals surface area contributed by atoms with Gasteiger partial charge in [0.1, 0.15) is 0 Å². The van der Waals surface area contributed by atoms with Gasteiger partial charge in [-0.15, -0.1) is 0 Å². The number of aryl methyl sites for hydroxylation is 2. The highest BCUT2D eigenvalue weighted by molar-refractivity contribution is 5.63. The third-order valence-electron chi connectivity index (χ3n) is 7.75. The van der Waals surface area contributed by atoms with Gasteiger partial charge >= 0.3 is 0 Å². The quantitative estimate of drug-likeness (QED) is 0.409. The van der Waals surface area contributed by atoms with E-state index in [1.54, 1.807) is 5.56 Å². The van der Waals surface area contributed by atoms with Gasteiger partial charge in [0.2, 0.25) is 0 Å². The van der Waals surface area contributed by atoms with Crippen molar-refractivity contribution in [2.24, 2.45) is 11.8 Å². The van der Waals surface area contributed by atoms with E-state index in [0.29, 0.717) is 0 Å². The molecule has 0 heteroatoms. The predicted molar refractivity (Wildman–Crippen MR) is 128 cm³/mol. The first-order chi connectivity index (χ1) is 14.8. The minimum absolute atomic E-state index is 0.809. The summed E-state index contributed by atoms with van der Waals surface area (Å²) in [6, 6.07) is 29.4. The van der Waals surface area contributed by atoms with E-state index < -0.39 is 0 Å². The molecule has 0 amide bonds. The van der Waals surface area contributed by atoms with Gasteiger partial charge in [0.25, 0.3) is 0 Å². The monoisotopic (exact) mass is 394 g/mol. The highest BCUT2D eigenvalue weighted by Crippen LogP contribution is 2.46. The van der Waals surface area contributed by atoms with Crippen LogP contribution >= 0.6 is 0 Å². The first-order valence-electron chi connectivity index (χ1n) is 12.1. The molecule has 2 fully saturated rings. The third kappa shape index (κ3) is 4.53. The number of hydrogen-bond donors (Lipinski definition) is 0. The summed E-state index contributed by atoms with van der Waals surface area (Å²) in [6.45, 7) is 0. The Morgan fingerprint density at radius 1 is 0.533 bits per heavy atom. The maximum atomic E-state index is 2.43. The zero-order valence-corrected chi connectivity index (χ0v) is 18.1. The Hall–Kier alpha value is -2.34. The molecular formula is C30H34. The highest BCUT2D eigenvalue weighted by atomic mass is 14.4. The molecule has 0 saturated heterocycles. The normalized spacial score (nSPS) is 23.7. The number of rotatable bonds is 5. The molecule has 2 saturated carbocycles. The Balaban J connectivity index is 1.17. The van der Waals surface area contributed by atoms with Gasteiger partial charge in [0.15, 0.2) is 0 Å². The van der Waals surface area contributed by atoms with Crippen molar-refractivity contribution in [3.05, 3.63) is 95.6 Å². The number of fused-ring (bicyclic) bond motifs is 1. The molecule has 0 aromatic heterocycles. The van der Waals surface area contributed by atoms with Gasteiger partial charge in [-0.05, 0) is 77.7 Å². The molecule has 30 heavy (non-hydrogen) atoms. The van der Waals surface area contributed by atoms with Crippen LogP contribution in [0.1, 0.15) is 67.6 Å². The highest BCUT2D eigenvalue weighted by Gasteiger charge is 2.32. The van der Waals surface area contributed by atoms with Gasteiger partial charge < -0.3 is 0 Å². The van der Waals surface area contributed by atoms with Crippen molar-refractivity contribution in [2.75, 3.05) is 0 Å². The molecule has 0 aliphatic heterocycles. The van der Waals surface area contributed by atoms with E-state index in [4.69, 9.17) is 0 Å². The SMILES string of the molecule is c1ccc(-c2ccc(CCc3ccc(C4CCC5CCCCC5C4)cc3)cc2)cc1. The van der Waals surface area contributed by atoms with Crippen molar-refractivity contribution < 1.29 is 0 Å². The van der Waals surface area contributed by atoms with Crippen LogP contribution in [0.5, 0.6) is 0 Å². The second-order valence-corrected chi connectivity index (χ2v) is 9.62. The van der Waals surface area contributed by atoms with Gasteiger partial charge in [-0.25, -0.2) is 0 Å². The topological polar surface area (TPSA) is 0 Å². The van der Waals surface area contributed by atoms with Crippen LogP contribution in [0.15, 0.2) is 78.9 Å². The van der Waals surface area contributed by atoms with Crippen molar-refractivity contribution >= 4 is 0 Å². The lowest BCUT2D eigenvalue weighted by molar-refractivity contribution is 0.155. The lowest BCUT2D eigenvalue weighted by Gasteiger charge is -2.39. The average Bonchev–Trinajstić information content (AvgIpc) is 2.84. The van der Waals surface area contributed by atoms with Crippen LogP contribution in [0, 0.1) is 11.8 Å². The van der Waals surface area contributed by atoms with Crippen molar-refractivity contribution in [1.29, 1.82) is 0 Å². The van der Waals surface area contributed by atoms with E-state index in [-0.39, 0.29) is 0 Å². The molecule has 2 aliphatic carbocycles. The summed E-state index contributed by atoms with van der Waals surface area (Å²) in [6.07, 6.45) is 12.5. The Kier molecular flexibility index (Phi) is 6.02. The molecule has 0 radical (unpaired) electrons. The largest absolute Gasteiger partial charge is 0.0622 e. The maximum Gasteiger partial charge on any atom is -0.0159 e. The second kappa shape index (κ2) is 9.21. The Morgan fingerprint density at radius 2 is 1.13 bits per heavy atom. The summed E-state index contributed by atoms with van der Waals surface area (Å²) in [7, 11) is 0.